The van der Waals surface area contributed by atoms with Crippen molar-refractivity contribution in [2.24, 2.45) is 0 Å². The van der Waals surface area contributed by atoms with E-state index in [0.717, 1.165) is 12.1 Å². The third kappa shape index (κ3) is 2.13. The molecule has 0 atom stereocenters. The fourth-order valence-electron chi connectivity index (χ4n) is 1.54. The standard InChI is InChI=1S/C12H10F3N3/c1-6-5-9(18-12(16-2)17-6)7-3-4-8(13)11(15)10(7)14/h3-5H,1-2H3,(H,16,17,18). The number of hydrogen-bond donors (Lipinski definition) is 1. The van der Waals surface area contributed by atoms with E-state index in [4.69, 9.17) is 0 Å². The molecule has 0 bridgehead atoms. The first-order valence-corrected chi connectivity index (χ1v) is 5.20. The molecule has 1 aromatic heterocycles. The summed E-state index contributed by atoms with van der Waals surface area (Å²) in [6.45, 7) is 1.70. The summed E-state index contributed by atoms with van der Waals surface area (Å²) in [4.78, 5) is 8.04. The summed E-state index contributed by atoms with van der Waals surface area (Å²) >= 11 is 0. The summed E-state index contributed by atoms with van der Waals surface area (Å²) in [6, 6.07) is 3.51. The van der Waals surface area contributed by atoms with Crippen molar-refractivity contribution in [3.05, 3.63) is 41.3 Å². The third-order valence-corrected chi connectivity index (χ3v) is 2.39. The van der Waals surface area contributed by atoms with E-state index in [9.17, 15) is 13.2 Å². The Bertz CT molecular complexity index is 599. The average molecular weight is 253 g/mol. The van der Waals surface area contributed by atoms with Gasteiger partial charge in [-0.2, -0.15) is 0 Å². The van der Waals surface area contributed by atoms with Crippen LogP contribution in [0, 0.1) is 24.4 Å². The first-order valence-electron chi connectivity index (χ1n) is 5.20. The Hall–Kier alpha value is -2.11. The highest BCUT2D eigenvalue weighted by molar-refractivity contribution is 5.61. The molecule has 0 unspecified atom stereocenters. The molecule has 0 amide bonds. The molecule has 0 aliphatic carbocycles. The van der Waals surface area contributed by atoms with Gasteiger partial charge in [-0.3, -0.25) is 0 Å². The van der Waals surface area contributed by atoms with Crippen LogP contribution >= 0.6 is 0 Å². The van der Waals surface area contributed by atoms with Crippen molar-refractivity contribution in [3.8, 4) is 11.3 Å². The highest BCUT2D eigenvalue weighted by Crippen LogP contribution is 2.25. The van der Waals surface area contributed by atoms with Crippen molar-refractivity contribution < 1.29 is 13.2 Å². The number of rotatable bonds is 2. The molecular formula is C12H10F3N3. The molecule has 0 saturated heterocycles. The zero-order valence-corrected chi connectivity index (χ0v) is 9.76. The zero-order valence-electron chi connectivity index (χ0n) is 9.76. The summed E-state index contributed by atoms with van der Waals surface area (Å²) in [5, 5.41) is 2.71. The number of anilines is 1. The predicted molar refractivity (Wildman–Crippen MR) is 61.6 cm³/mol. The monoisotopic (exact) mass is 253 g/mol. The van der Waals surface area contributed by atoms with Crippen molar-refractivity contribution in [2.75, 3.05) is 12.4 Å². The van der Waals surface area contributed by atoms with Crippen LogP contribution in [-0.2, 0) is 0 Å². The predicted octanol–water partition coefficient (Wildman–Crippen LogP) is 2.91. The minimum Gasteiger partial charge on any atom is -0.357 e. The van der Waals surface area contributed by atoms with Crippen molar-refractivity contribution >= 4 is 5.95 Å². The number of nitrogens with one attached hydrogen (secondary N) is 1. The van der Waals surface area contributed by atoms with Crippen LogP contribution in [0.5, 0.6) is 0 Å². The Balaban J connectivity index is 2.62. The fraction of sp³-hybridized carbons (Fsp3) is 0.167. The van der Waals surface area contributed by atoms with Gasteiger partial charge in [-0.15, -0.1) is 0 Å². The van der Waals surface area contributed by atoms with E-state index in [0.29, 0.717) is 5.69 Å². The van der Waals surface area contributed by atoms with Crippen LogP contribution in [0.3, 0.4) is 0 Å². The smallest absolute Gasteiger partial charge is 0.223 e. The van der Waals surface area contributed by atoms with Crippen LogP contribution in [0.2, 0.25) is 0 Å². The number of benzene rings is 1. The van der Waals surface area contributed by atoms with E-state index in [1.165, 1.54) is 6.07 Å². The second-order valence-corrected chi connectivity index (χ2v) is 3.69. The van der Waals surface area contributed by atoms with Gasteiger partial charge in [-0.05, 0) is 25.1 Å². The minimum absolute atomic E-state index is 0.101. The Morgan fingerprint density at radius 2 is 1.78 bits per heavy atom. The molecule has 0 aliphatic heterocycles. The van der Waals surface area contributed by atoms with E-state index < -0.39 is 17.5 Å². The van der Waals surface area contributed by atoms with E-state index >= 15 is 0 Å². The van der Waals surface area contributed by atoms with Gasteiger partial charge in [0.1, 0.15) is 0 Å². The summed E-state index contributed by atoms with van der Waals surface area (Å²) in [5.74, 6) is -3.70. The molecule has 0 aliphatic rings. The van der Waals surface area contributed by atoms with Crippen LogP contribution in [0.15, 0.2) is 18.2 Å². The largest absolute Gasteiger partial charge is 0.357 e. The molecule has 1 heterocycles. The molecule has 6 heteroatoms. The second kappa shape index (κ2) is 4.64. The summed E-state index contributed by atoms with van der Waals surface area (Å²) in [5.41, 5.74) is 0.688. The van der Waals surface area contributed by atoms with E-state index in [1.807, 2.05) is 0 Å². The zero-order chi connectivity index (χ0) is 13.3. The number of hydrogen-bond acceptors (Lipinski definition) is 3. The highest BCUT2D eigenvalue weighted by Gasteiger charge is 2.16. The van der Waals surface area contributed by atoms with Crippen molar-refractivity contribution in [1.29, 1.82) is 0 Å². The molecule has 0 fully saturated rings. The van der Waals surface area contributed by atoms with Gasteiger partial charge in [0.05, 0.1) is 5.69 Å². The van der Waals surface area contributed by atoms with Gasteiger partial charge in [0.15, 0.2) is 17.5 Å². The molecule has 0 saturated carbocycles. The first-order chi connectivity index (χ1) is 8.52. The Morgan fingerprint density at radius 3 is 2.44 bits per heavy atom. The molecule has 1 N–H and O–H groups in total. The SMILES string of the molecule is CNc1nc(C)cc(-c2ccc(F)c(F)c2F)n1. The molecule has 18 heavy (non-hydrogen) atoms. The lowest BCUT2D eigenvalue weighted by atomic mass is 10.1. The number of aryl methyl sites for hydroxylation is 1. The maximum absolute atomic E-state index is 13.6. The van der Waals surface area contributed by atoms with Crippen molar-refractivity contribution in [2.45, 2.75) is 6.92 Å². The number of aromatic nitrogens is 2. The van der Waals surface area contributed by atoms with Crippen LogP contribution < -0.4 is 5.32 Å². The summed E-state index contributed by atoms with van der Waals surface area (Å²) < 4.78 is 39.6. The van der Waals surface area contributed by atoms with E-state index in [1.54, 1.807) is 14.0 Å². The lowest BCUT2D eigenvalue weighted by Gasteiger charge is -2.07. The Morgan fingerprint density at radius 1 is 1.06 bits per heavy atom. The molecule has 94 valence electrons. The van der Waals surface area contributed by atoms with Gasteiger partial charge in [0.2, 0.25) is 5.95 Å². The Labute approximate surface area is 102 Å². The highest BCUT2D eigenvalue weighted by atomic mass is 19.2. The van der Waals surface area contributed by atoms with Gasteiger partial charge >= 0.3 is 0 Å². The Kier molecular flexibility index (Phi) is 3.18. The van der Waals surface area contributed by atoms with Gasteiger partial charge in [0, 0.05) is 18.3 Å². The molecule has 3 nitrogen and oxygen atoms in total. The van der Waals surface area contributed by atoms with Gasteiger partial charge in [-0.1, -0.05) is 0 Å². The van der Waals surface area contributed by atoms with Crippen molar-refractivity contribution in [3.63, 3.8) is 0 Å². The maximum atomic E-state index is 13.6. The van der Waals surface area contributed by atoms with Crippen LogP contribution in [0.25, 0.3) is 11.3 Å². The lowest BCUT2D eigenvalue weighted by molar-refractivity contribution is 0.449. The van der Waals surface area contributed by atoms with Gasteiger partial charge < -0.3 is 5.32 Å². The fourth-order valence-corrected chi connectivity index (χ4v) is 1.54. The van der Waals surface area contributed by atoms with Crippen molar-refractivity contribution in [1.82, 2.24) is 9.97 Å². The summed E-state index contributed by atoms with van der Waals surface area (Å²) in [6.07, 6.45) is 0. The minimum atomic E-state index is -1.50. The number of nitrogens with zero attached hydrogens (tertiary/aromatic N) is 2. The molecular weight excluding hydrogens is 243 g/mol. The third-order valence-electron chi connectivity index (χ3n) is 2.39. The maximum Gasteiger partial charge on any atom is 0.223 e. The molecule has 2 rings (SSSR count). The topological polar surface area (TPSA) is 37.8 Å². The lowest BCUT2D eigenvalue weighted by Crippen LogP contribution is -2.01. The van der Waals surface area contributed by atoms with Gasteiger partial charge in [-0.25, -0.2) is 23.1 Å². The van der Waals surface area contributed by atoms with Gasteiger partial charge in [0.25, 0.3) is 0 Å². The number of halogens is 3. The molecule has 0 radical (unpaired) electrons. The molecule has 2 aromatic rings. The summed E-state index contributed by atoms with van der Waals surface area (Å²) in [7, 11) is 1.61. The normalized spacial score (nSPS) is 10.5. The van der Waals surface area contributed by atoms with E-state index in [2.05, 4.69) is 15.3 Å². The molecule has 0 spiro atoms. The van der Waals surface area contributed by atoms with Crippen LogP contribution in [0.4, 0.5) is 19.1 Å². The van der Waals surface area contributed by atoms with Crippen LogP contribution in [0.1, 0.15) is 5.69 Å². The van der Waals surface area contributed by atoms with E-state index in [-0.39, 0.29) is 17.2 Å². The average Bonchev–Trinajstić information content (AvgIpc) is 2.35. The quantitative estimate of drug-likeness (QED) is 0.836. The second-order valence-electron chi connectivity index (χ2n) is 3.69. The van der Waals surface area contributed by atoms with Crippen LogP contribution in [-0.4, -0.2) is 17.0 Å². The molecule has 1 aromatic carbocycles. The first kappa shape index (κ1) is 12.3.